The van der Waals surface area contributed by atoms with Crippen molar-refractivity contribution in [1.82, 2.24) is 39.3 Å². The van der Waals surface area contributed by atoms with E-state index < -0.39 is 11.9 Å². The van der Waals surface area contributed by atoms with Crippen molar-refractivity contribution in [3.8, 4) is 28.7 Å². The summed E-state index contributed by atoms with van der Waals surface area (Å²) in [6.45, 7) is 4.00. The van der Waals surface area contributed by atoms with Crippen LogP contribution in [0.1, 0.15) is 55.6 Å². The third-order valence-electron chi connectivity index (χ3n) is 6.81. The molecule has 0 spiro atoms. The van der Waals surface area contributed by atoms with E-state index in [1.807, 2.05) is 19.9 Å². The summed E-state index contributed by atoms with van der Waals surface area (Å²) in [7, 11) is 1.56. The summed E-state index contributed by atoms with van der Waals surface area (Å²) in [5.41, 5.74) is 2.71. The number of hydrogen-bond donors (Lipinski definition) is 0. The number of rotatable bonds is 7. The largest absolute Gasteiger partial charge is 0.480 e. The minimum Gasteiger partial charge on any atom is -0.480 e. The smallest absolute Gasteiger partial charge is 0.434 e. The molecule has 1 aromatic carbocycles. The Kier molecular flexibility index (Phi) is 6.56. The van der Waals surface area contributed by atoms with Crippen LogP contribution in [0.2, 0.25) is 0 Å². The zero-order valence-electron chi connectivity index (χ0n) is 21.8. The maximum Gasteiger partial charge on any atom is 0.434 e. The second-order valence-corrected chi connectivity index (χ2v) is 10.8. The highest BCUT2D eigenvalue weighted by Crippen LogP contribution is 2.45. The maximum absolute atomic E-state index is 13.4. The number of halogens is 4. The van der Waals surface area contributed by atoms with Crippen LogP contribution in [0, 0.1) is 0 Å². The van der Waals surface area contributed by atoms with Gasteiger partial charge in [0.15, 0.2) is 17.2 Å². The standard InChI is InChI=1S/C27H24BrF3N8O/c1-14(2)38-12-20(27(29,30)31)36-24(38)16-6-7-17(19(28)8-16)11-39-25-18(10-35-39)9-32-23(37-25)21-22(15-4-5-15)33-13-34-26(21)40-3/h6-10,12-15H,4-5,11H2,1-3H3. The third-order valence-corrected chi connectivity index (χ3v) is 7.55. The van der Waals surface area contributed by atoms with E-state index in [-0.39, 0.29) is 11.9 Å². The minimum atomic E-state index is -4.52. The van der Waals surface area contributed by atoms with Crippen LogP contribution in [0.25, 0.3) is 33.8 Å². The van der Waals surface area contributed by atoms with Crippen LogP contribution in [0.3, 0.4) is 0 Å². The molecule has 5 aromatic rings. The zero-order chi connectivity index (χ0) is 28.2. The van der Waals surface area contributed by atoms with Gasteiger partial charge in [0.1, 0.15) is 17.7 Å². The Morgan fingerprint density at radius 1 is 1.10 bits per heavy atom. The highest BCUT2D eigenvalue weighted by atomic mass is 79.9. The first-order valence-corrected chi connectivity index (χ1v) is 13.5. The van der Waals surface area contributed by atoms with Crippen LogP contribution in [-0.4, -0.2) is 46.4 Å². The molecule has 9 nitrogen and oxygen atoms in total. The number of alkyl halides is 3. The van der Waals surface area contributed by atoms with Crippen LogP contribution in [0.15, 0.2) is 47.6 Å². The molecule has 4 heterocycles. The molecule has 1 aliphatic rings. The van der Waals surface area contributed by atoms with Crippen molar-refractivity contribution < 1.29 is 17.9 Å². The van der Waals surface area contributed by atoms with Crippen LogP contribution >= 0.6 is 15.9 Å². The van der Waals surface area contributed by atoms with Gasteiger partial charge in [-0.05, 0) is 38.3 Å². The molecule has 0 N–H and O–H groups in total. The molecule has 1 saturated carbocycles. The average Bonchev–Trinajstić information content (AvgIpc) is 3.53. The van der Waals surface area contributed by atoms with Crippen LogP contribution in [0.5, 0.6) is 5.88 Å². The summed E-state index contributed by atoms with van der Waals surface area (Å²) >= 11 is 3.60. The molecular weight excluding hydrogens is 589 g/mol. The van der Waals surface area contributed by atoms with Crippen molar-refractivity contribution in [2.75, 3.05) is 7.11 Å². The van der Waals surface area contributed by atoms with E-state index in [4.69, 9.17) is 9.72 Å². The summed E-state index contributed by atoms with van der Waals surface area (Å²) < 4.78 is 49.6. The predicted molar refractivity (Wildman–Crippen MR) is 145 cm³/mol. The van der Waals surface area contributed by atoms with E-state index in [2.05, 4.69) is 41.0 Å². The lowest BCUT2D eigenvalue weighted by atomic mass is 10.1. The first-order chi connectivity index (χ1) is 19.1. The number of benzene rings is 1. The zero-order valence-corrected chi connectivity index (χ0v) is 23.4. The average molecular weight is 613 g/mol. The molecule has 0 bridgehead atoms. The Labute approximate surface area is 235 Å². The molecule has 4 aromatic heterocycles. The third kappa shape index (κ3) is 4.82. The van der Waals surface area contributed by atoms with E-state index in [0.717, 1.165) is 35.7 Å². The first kappa shape index (κ1) is 26.4. The number of imidazole rings is 1. The van der Waals surface area contributed by atoms with E-state index >= 15 is 0 Å². The number of hydrogen-bond acceptors (Lipinski definition) is 7. The Morgan fingerprint density at radius 2 is 1.90 bits per heavy atom. The quantitative estimate of drug-likeness (QED) is 0.208. The van der Waals surface area contributed by atoms with Gasteiger partial charge in [-0.15, -0.1) is 0 Å². The topological polar surface area (TPSA) is 96.4 Å². The molecule has 40 heavy (non-hydrogen) atoms. The summed E-state index contributed by atoms with van der Waals surface area (Å²) in [4.78, 5) is 22.0. The SMILES string of the molecule is COc1ncnc(C2CC2)c1-c1ncc2cnn(Cc3ccc(-c4nc(C(F)(F)F)cn4C(C)C)cc3Br)c2n1. The van der Waals surface area contributed by atoms with Gasteiger partial charge in [0, 0.05) is 34.4 Å². The fourth-order valence-electron chi connectivity index (χ4n) is 4.63. The first-order valence-electron chi connectivity index (χ1n) is 12.7. The summed E-state index contributed by atoms with van der Waals surface area (Å²) in [6, 6.07) is 5.19. The molecule has 0 atom stereocenters. The minimum absolute atomic E-state index is 0.199. The lowest BCUT2D eigenvalue weighted by molar-refractivity contribution is -0.140. The molecule has 1 fully saturated rings. The molecule has 0 unspecified atom stereocenters. The monoisotopic (exact) mass is 612 g/mol. The van der Waals surface area contributed by atoms with Gasteiger partial charge in [-0.2, -0.15) is 18.3 Å². The van der Waals surface area contributed by atoms with E-state index in [0.29, 0.717) is 45.4 Å². The normalized spacial score (nSPS) is 13.9. The van der Waals surface area contributed by atoms with E-state index in [1.165, 1.54) is 10.9 Å². The molecule has 6 rings (SSSR count). The molecule has 13 heteroatoms. The van der Waals surface area contributed by atoms with Gasteiger partial charge >= 0.3 is 6.18 Å². The number of nitrogens with zero attached hydrogens (tertiary/aromatic N) is 8. The van der Waals surface area contributed by atoms with Crippen LogP contribution in [-0.2, 0) is 12.7 Å². The van der Waals surface area contributed by atoms with Crippen LogP contribution in [0.4, 0.5) is 13.2 Å². The summed E-state index contributed by atoms with van der Waals surface area (Å²) in [6.07, 6.45) is 3.53. The molecular formula is C27H24BrF3N8O. The van der Waals surface area contributed by atoms with Gasteiger partial charge in [-0.1, -0.05) is 28.1 Å². The van der Waals surface area contributed by atoms with Gasteiger partial charge in [0.25, 0.3) is 0 Å². The van der Waals surface area contributed by atoms with E-state index in [1.54, 1.807) is 36.3 Å². The highest BCUT2D eigenvalue weighted by molar-refractivity contribution is 9.10. The van der Waals surface area contributed by atoms with Gasteiger partial charge in [-0.3, -0.25) is 0 Å². The Hall–Kier alpha value is -3.87. The molecule has 0 aliphatic heterocycles. The van der Waals surface area contributed by atoms with Gasteiger partial charge in [0.2, 0.25) is 5.88 Å². The van der Waals surface area contributed by atoms with Gasteiger partial charge in [-0.25, -0.2) is 29.6 Å². The molecule has 0 amide bonds. The summed E-state index contributed by atoms with van der Waals surface area (Å²) in [5, 5.41) is 5.28. The van der Waals surface area contributed by atoms with Crippen molar-refractivity contribution in [2.24, 2.45) is 0 Å². The molecule has 0 radical (unpaired) electrons. The molecule has 1 aliphatic carbocycles. The second kappa shape index (κ2) is 9.95. The highest BCUT2D eigenvalue weighted by Gasteiger charge is 2.35. The van der Waals surface area contributed by atoms with Gasteiger partial charge < -0.3 is 9.30 Å². The predicted octanol–water partition coefficient (Wildman–Crippen LogP) is 6.44. The molecule has 0 saturated heterocycles. The van der Waals surface area contributed by atoms with Crippen molar-refractivity contribution in [2.45, 2.75) is 51.4 Å². The number of fused-ring (bicyclic) bond motifs is 1. The number of aromatic nitrogens is 8. The number of ether oxygens (including phenoxy) is 1. The lowest BCUT2D eigenvalue weighted by Gasteiger charge is -2.13. The lowest BCUT2D eigenvalue weighted by Crippen LogP contribution is -2.06. The summed E-state index contributed by atoms with van der Waals surface area (Å²) in [5.74, 6) is 1.48. The Bertz CT molecular complexity index is 1730. The van der Waals surface area contributed by atoms with Gasteiger partial charge in [0.05, 0.1) is 30.9 Å². The van der Waals surface area contributed by atoms with Crippen molar-refractivity contribution in [3.63, 3.8) is 0 Å². The number of methoxy groups -OCH3 is 1. The Morgan fingerprint density at radius 3 is 2.58 bits per heavy atom. The second-order valence-electron chi connectivity index (χ2n) is 9.95. The Balaban J connectivity index is 1.35. The molecule has 206 valence electrons. The van der Waals surface area contributed by atoms with Crippen molar-refractivity contribution >= 4 is 27.0 Å². The fraction of sp³-hybridized carbons (Fsp3) is 0.333. The fourth-order valence-corrected chi connectivity index (χ4v) is 5.13. The maximum atomic E-state index is 13.4. The van der Waals surface area contributed by atoms with Crippen LogP contribution < -0.4 is 4.74 Å². The van der Waals surface area contributed by atoms with Crippen molar-refractivity contribution in [1.29, 1.82) is 0 Å². The van der Waals surface area contributed by atoms with Crippen molar-refractivity contribution in [3.05, 3.63) is 64.5 Å². The van der Waals surface area contributed by atoms with E-state index in [9.17, 15) is 13.2 Å².